The van der Waals surface area contributed by atoms with Crippen LogP contribution in [0.1, 0.15) is 51.5 Å². The molecule has 0 aromatic heterocycles. The van der Waals surface area contributed by atoms with Gasteiger partial charge in [0.2, 0.25) is 0 Å². The third kappa shape index (κ3) is 3.07. The Kier molecular flexibility index (Phi) is 4.34. The van der Waals surface area contributed by atoms with Crippen LogP contribution >= 0.6 is 11.6 Å². The lowest BCUT2D eigenvalue weighted by molar-refractivity contribution is 0.0191. The predicted molar refractivity (Wildman–Crippen MR) is 76.8 cm³/mol. The molecule has 18 heavy (non-hydrogen) atoms. The number of hydrogen-bond acceptors (Lipinski definition) is 1. The molecule has 1 nitrogen and oxygen atoms in total. The molecule has 0 aliphatic heterocycles. The van der Waals surface area contributed by atoms with Gasteiger partial charge in [0.1, 0.15) is 0 Å². The zero-order chi connectivity index (χ0) is 13.2. The molecule has 1 aliphatic rings. The van der Waals surface area contributed by atoms with Gasteiger partial charge in [-0.1, -0.05) is 44.0 Å². The van der Waals surface area contributed by atoms with E-state index in [1.807, 2.05) is 24.3 Å². The van der Waals surface area contributed by atoms with Crippen LogP contribution in [0.15, 0.2) is 24.3 Å². The number of aliphatic hydroxyl groups is 1. The van der Waals surface area contributed by atoms with Crippen LogP contribution in [-0.2, 0) is 5.60 Å². The van der Waals surface area contributed by atoms with Crippen molar-refractivity contribution in [1.82, 2.24) is 0 Å². The smallest absolute Gasteiger partial charge is 0.0897 e. The molecule has 0 radical (unpaired) electrons. The van der Waals surface area contributed by atoms with Gasteiger partial charge in [0.25, 0.3) is 0 Å². The molecule has 0 spiro atoms. The van der Waals surface area contributed by atoms with E-state index < -0.39 is 5.60 Å². The molecule has 1 aromatic carbocycles. The summed E-state index contributed by atoms with van der Waals surface area (Å²) in [6.45, 7) is 4.57. The van der Waals surface area contributed by atoms with E-state index in [2.05, 4.69) is 13.8 Å². The summed E-state index contributed by atoms with van der Waals surface area (Å²) in [6, 6.07) is 7.71. The van der Waals surface area contributed by atoms with Gasteiger partial charge in [-0.05, 0) is 55.2 Å². The van der Waals surface area contributed by atoms with Crippen molar-refractivity contribution in [3.63, 3.8) is 0 Å². The predicted octanol–water partition coefficient (Wildman–Crippen LogP) is 4.76. The maximum Gasteiger partial charge on any atom is 0.0897 e. The Balaban J connectivity index is 2.16. The van der Waals surface area contributed by atoms with Crippen molar-refractivity contribution in [1.29, 1.82) is 0 Å². The minimum absolute atomic E-state index is 0.672. The molecule has 2 rings (SSSR count). The van der Waals surface area contributed by atoms with E-state index in [4.69, 9.17) is 11.6 Å². The zero-order valence-corrected chi connectivity index (χ0v) is 12.1. The second kappa shape index (κ2) is 5.63. The number of halogens is 1. The topological polar surface area (TPSA) is 20.2 Å². The molecular weight excluding hydrogens is 244 g/mol. The molecule has 0 heterocycles. The van der Waals surface area contributed by atoms with Crippen LogP contribution in [0.2, 0.25) is 5.02 Å². The minimum atomic E-state index is -0.672. The Labute approximate surface area is 115 Å². The molecule has 2 atom stereocenters. The minimum Gasteiger partial charge on any atom is -0.385 e. The van der Waals surface area contributed by atoms with Gasteiger partial charge in [-0.15, -0.1) is 0 Å². The Hall–Kier alpha value is -0.530. The highest BCUT2D eigenvalue weighted by Crippen LogP contribution is 2.40. The molecule has 0 bridgehead atoms. The largest absolute Gasteiger partial charge is 0.385 e. The summed E-state index contributed by atoms with van der Waals surface area (Å²) in [5, 5.41) is 11.6. The maximum atomic E-state index is 10.9. The van der Waals surface area contributed by atoms with E-state index in [0.717, 1.165) is 37.2 Å². The molecule has 1 aliphatic carbocycles. The van der Waals surface area contributed by atoms with Crippen LogP contribution in [0.4, 0.5) is 0 Å². The van der Waals surface area contributed by atoms with Crippen LogP contribution < -0.4 is 0 Å². The molecule has 1 aromatic rings. The van der Waals surface area contributed by atoms with Gasteiger partial charge in [0.05, 0.1) is 5.60 Å². The molecule has 0 amide bonds. The fourth-order valence-electron chi connectivity index (χ4n) is 3.08. The SMILES string of the molecule is CC(C)C1CCCC(O)(c2cccc(Cl)c2)CC1. The van der Waals surface area contributed by atoms with Crippen molar-refractivity contribution < 1.29 is 5.11 Å². The highest BCUT2D eigenvalue weighted by Gasteiger charge is 2.33. The third-order valence-corrected chi connectivity index (χ3v) is 4.63. The monoisotopic (exact) mass is 266 g/mol. The van der Waals surface area contributed by atoms with Crippen molar-refractivity contribution in [2.24, 2.45) is 11.8 Å². The molecule has 100 valence electrons. The van der Waals surface area contributed by atoms with Crippen molar-refractivity contribution in [3.8, 4) is 0 Å². The van der Waals surface area contributed by atoms with E-state index >= 15 is 0 Å². The first-order valence-corrected chi connectivity index (χ1v) is 7.37. The highest BCUT2D eigenvalue weighted by molar-refractivity contribution is 6.30. The summed E-state index contributed by atoms with van der Waals surface area (Å²) in [6.07, 6.45) is 5.17. The standard InChI is InChI=1S/C16H23ClO/c1-12(2)13-5-4-9-16(18,10-8-13)14-6-3-7-15(17)11-14/h3,6-7,11-13,18H,4-5,8-10H2,1-2H3. The third-order valence-electron chi connectivity index (χ3n) is 4.40. The fraction of sp³-hybridized carbons (Fsp3) is 0.625. The van der Waals surface area contributed by atoms with Gasteiger partial charge in [-0.25, -0.2) is 0 Å². The maximum absolute atomic E-state index is 10.9. The average Bonchev–Trinajstić information content (AvgIpc) is 2.52. The van der Waals surface area contributed by atoms with Gasteiger partial charge in [0.15, 0.2) is 0 Å². The van der Waals surface area contributed by atoms with E-state index in [0.29, 0.717) is 10.9 Å². The lowest BCUT2D eigenvalue weighted by atomic mass is 9.85. The second-order valence-electron chi connectivity index (χ2n) is 5.98. The first kappa shape index (κ1) is 13.9. The van der Waals surface area contributed by atoms with Crippen molar-refractivity contribution in [3.05, 3.63) is 34.9 Å². The van der Waals surface area contributed by atoms with E-state index in [1.165, 1.54) is 6.42 Å². The number of rotatable bonds is 2. The van der Waals surface area contributed by atoms with E-state index in [1.54, 1.807) is 0 Å². The van der Waals surface area contributed by atoms with Gasteiger partial charge in [0, 0.05) is 5.02 Å². The average molecular weight is 267 g/mol. The summed E-state index contributed by atoms with van der Waals surface area (Å²) in [5.74, 6) is 1.46. The Morgan fingerprint density at radius 2 is 2.06 bits per heavy atom. The van der Waals surface area contributed by atoms with Crippen LogP contribution in [0, 0.1) is 11.8 Å². The summed E-state index contributed by atoms with van der Waals surface area (Å²) in [5.41, 5.74) is 0.313. The van der Waals surface area contributed by atoms with Gasteiger partial charge >= 0.3 is 0 Å². The van der Waals surface area contributed by atoms with Crippen molar-refractivity contribution in [2.45, 2.75) is 51.6 Å². The van der Waals surface area contributed by atoms with Crippen LogP contribution in [0.25, 0.3) is 0 Å². The lowest BCUT2D eigenvalue weighted by Crippen LogP contribution is -2.25. The molecule has 2 unspecified atom stereocenters. The summed E-state index contributed by atoms with van der Waals surface area (Å²) in [4.78, 5) is 0. The Morgan fingerprint density at radius 3 is 2.72 bits per heavy atom. The van der Waals surface area contributed by atoms with Gasteiger partial charge in [-0.3, -0.25) is 0 Å². The van der Waals surface area contributed by atoms with Crippen LogP contribution in [-0.4, -0.2) is 5.11 Å². The summed E-state index contributed by atoms with van der Waals surface area (Å²) in [7, 11) is 0. The highest BCUT2D eigenvalue weighted by atomic mass is 35.5. The lowest BCUT2D eigenvalue weighted by Gasteiger charge is -2.28. The molecule has 0 saturated heterocycles. The second-order valence-corrected chi connectivity index (χ2v) is 6.41. The summed E-state index contributed by atoms with van der Waals surface area (Å²) < 4.78 is 0. The fourth-order valence-corrected chi connectivity index (χ4v) is 3.27. The Morgan fingerprint density at radius 1 is 1.28 bits per heavy atom. The Bertz CT molecular complexity index is 402. The van der Waals surface area contributed by atoms with Crippen molar-refractivity contribution >= 4 is 11.6 Å². The summed E-state index contributed by atoms with van der Waals surface area (Å²) >= 11 is 6.03. The van der Waals surface area contributed by atoms with Crippen LogP contribution in [0.5, 0.6) is 0 Å². The first-order chi connectivity index (χ1) is 8.51. The number of benzene rings is 1. The van der Waals surface area contributed by atoms with Gasteiger partial charge < -0.3 is 5.11 Å². The molecule has 1 N–H and O–H groups in total. The quantitative estimate of drug-likeness (QED) is 0.765. The van der Waals surface area contributed by atoms with E-state index in [9.17, 15) is 5.11 Å². The van der Waals surface area contributed by atoms with Gasteiger partial charge in [-0.2, -0.15) is 0 Å². The van der Waals surface area contributed by atoms with Crippen LogP contribution in [0.3, 0.4) is 0 Å². The molecule has 1 fully saturated rings. The first-order valence-electron chi connectivity index (χ1n) is 7.00. The normalized spacial score (nSPS) is 29.3. The number of hydrogen-bond donors (Lipinski definition) is 1. The molecule has 1 saturated carbocycles. The van der Waals surface area contributed by atoms with E-state index in [-0.39, 0.29) is 0 Å². The molecule has 2 heteroatoms. The zero-order valence-electron chi connectivity index (χ0n) is 11.3. The van der Waals surface area contributed by atoms with Crippen molar-refractivity contribution in [2.75, 3.05) is 0 Å². The molecular formula is C16H23ClO.